The van der Waals surface area contributed by atoms with Crippen molar-refractivity contribution >= 4 is 0 Å². The molecule has 1 heterocycles. The van der Waals surface area contributed by atoms with Gasteiger partial charge < -0.3 is 0 Å². The predicted molar refractivity (Wildman–Crippen MR) is 36.8 cm³/mol. The van der Waals surface area contributed by atoms with Crippen LogP contribution in [0.1, 0.15) is 5.56 Å². The van der Waals surface area contributed by atoms with Crippen LogP contribution < -0.4 is 0 Å². The molecule has 1 aromatic rings. The van der Waals surface area contributed by atoms with E-state index in [1.807, 2.05) is 10.2 Å². The van der Waals surface area contributed by atoms with Gasteiger partial charge in [-0.25, -0.2) is 8.78 Å². The van der Waals surface area contributed by atoms with Gasteiger partial charge >= 0.3 is 18.0 Å². The van der Waals surface area contributed by atoms with E-state index >= 15 is 0 Å². The molecule has 0 bridgehead atoms. The van der Waals surface area contributed by atoms with E-state index in [9.17, 15) is 43.9 Å². The highest BCUT2D eigenvalue weighted by molar-refractivity contribution is 5.25. The first-order chi connectivity index (χ1) is 8.34. The van der Waals surface area contributed by atoms with Crippen molar-refractivity contribution in [2.45, 2.75) is 18.0 Å². The Morgan fingerprint density at radius 2 is 1.00 bits per heavy atom. The van der Waals surface area contributed by atoms with Crippen molar-refractivity contribution in [3.05, 3.63) is 23.3 Å². The van der Waals surface area contributed by atoms with Crippen LogP contribution in [-0.2, 0) is 5.67 Å². The van der Waals surface area contributed by atoms with Crippen LogP contribution in [0.4, 0.5) is 43.9 Å². The molecule has 0 amide bonds. The summed E-state index contributed by atoms with van der Waals surface area (Å²) in [5.41, 5.74) is -9.70. The van der Waals surface area contributed by atoms with Gasteiger partial charge in [-0.1, -0.05) is 0 Å². The molecule has 1 aromatic heterocycles. The first-order valence-corrected chi connectivity index (χ1v) is 4.04. The summed E-state index contributed by atoms with van der Waals surface area (Å²) in [5, 5.41) is 3.81. The molecular formula is C7F10N2. The largest absolute Gasteiger partial charge is 0.436 e. The fraction of sp³-hybridized carbons (Fsp3) is 0.429. The van der Waals surface area contributed by atoms with E-state index < -0.39 is 41.3 Å². The molecule has 0 spiro atoms. The highest BCUT2D eigenvalue weighted by Crippen LogP contribution is 2.54. The Morgan fingerprint density at radius 3 is 1.37 bits per heavy atom. The molecule has 0 unspecified atom stereocenters. The van der Waals surface area contributed by atoms with Gasteiger partial charge in [0, 0.05) is 0 Å². The minimum atomic E-state index is -6.79. The third kappa shape index (κ3) is 2.18. The number of halogens is 10. The van der Waals surface area contributed by atoms with Crippen LogP contribution in [0, 0.1) is 17.7 Å². The van der Waals surface area contributed by atoms with Gasteiger partial charge in [0.2, 0.25) is 5.95 Å². The Labute approximate surface area is 96.6 Å². The maximum Gasteiger partial charge on any atom is 0.436 e. The fourth-order valence-electron chi connectivity index (χ4n) is 1.11. The monoisotopic (exact) mass is 302 g/mol. The summed E-state index contributed by atoms with van der Waals surface area (Å²) in [6.45, 7) is 0. The van der Waals surface area contributed by atoms with Gasteiger partial charge in [0.25, 0.3) is 5.95 Å². The molecule has 0 radical (unpaired) electrons. The third-order valence-electron chi connectivity index (χ3n) is 1.96. The second-order valence-electron chi connectivity index (χ2n) is 3.12. The quantitative estimate of drug-likeness (QED) is 0.745. The first-order valence-electron chi connectivity index (χ1n) is 4.04. The molecule has 19 heavy (non-hydrogen) atoms. The van der Waals surface area contributed by atoms with Crippen molar-refractivity contribution in [2.75, 3.05) is 0 Å². The lowest BCUT2D eigenvalue weighted by Crippen LogP contribution is -2.51. The van der Waals surface area contributed by atoms with Crippen molar-refractivity contribution in [3.63, 3.8) is 0 Å². The molecule has 2 nitrogen and oxygen atoms in total. The lowest BCUT2D eigenvalue weighted by atomic mass is 9.95. The van der Waals surface area contributed by atoms with Crippen LogP contribution in [0.3, 0.4) is 0 Å². The Kier molecular flexibility index (Phi) is 3.41. The first kappa shape index (κ1) is 15.4. The average molecular weight is 302 g/mol. The number of rotatable bonds is 1. The van der Waals surface area contributed by atoms with Crippen molar-refractivity contribution in [1.29, 1.82) is 0 Å². The second-order valence-corrected chi connectivity index (χ2v) is 3.12. The average Bonchev–Trinajstić information content (AvgIpc) is 2.20. The normalized spacial score (nSPS) is 13.8. The molecule has 1 rings (SSSR count). The number of nitrogens with zero attached hydrogens (tertiary/aromatic N) is 2. The van der Waals surface area contributed by atoms with E-state index in [1.165, 1.54) is 0 Å². The second kappa shape index (κ2) is 4.20. The number of hydrogen-bond donors (Lipinski definition) is 0. The van der Waals surface area contributed by atoms with E-state index in [0.717, 1.165) is 0 Å². The zero-order valence-electron chi connectivity index (χ0n) is 8.17. The molecule has 0 aliphatic heterocycles. The molecule has 0 saturated heterocycles. The highest BCUT2D eigenvalue weighted by Gasteiger charge is 2.76. The Balaban J connectivity index is 3.76. The molecule has 108 valence electrons. The molecule has 0 aliphatic rings. The molecule has 12 heteroatoms. The molecular weight excluding hydrogens is 302 g/mol. The topological polar surface area (TPSA) is 25.8 Å². The van der Waals surface area contributed by atoms with Crippen molar-refractivity contribution in [2.24, 2.45) is 0 Å². The van der Waals surface area contributed by atoms with Crippen LogP contribution in [0.2, 0.25) is 0 Å². The summed E-state index contributed by atoms with van der Waals surface area (Å²) in [6, 6.07) is 0. The number of hydrogen-bond acceptors (Lipinski definition) is 2. The summed E-state index contributed by atoms with van der Waals surface area (Å²) in [6.07, 6.45) is -13.6. The molecule has 0 aromatic carbocycles. The SMILES string of the molecule is Fc1nnc(F)c(C(F)(C(F)(F)F)C(F)(F)F)c1F. The zero-order chi connectivity index (χ0) is 15.2. The molecule has 0 aliphatic carbocycles. The molecule has 0 N–H and O–H groups in total. The smallest absolute Gasteiger partial charge is 0.218 e. The van der Waals surface area contributed by atoms with Crippen LogP contribution >= 0.6 is 0 Å². The summed E-state index contributed by atoms with van der Waals surface area (Å²) < 4.78 is 124. The van der Waals surface area contributed by atoms with Crippen molar-refractivity contribution < 1.29 is 43.9 Å². The fourth-order valence-corrected chi connectivity index (χ4v) is 1.11. The summed E-state index contributed by atoms with van der Waals surface area (Å²) in [5.74, 6) is -8.53. The van der Waals surface area contributed by atoms with E-state index in [0.29, 0.717) is 0 Å². The Morgan fingerprint density at radius 1 is 0.632 bits per heavy atom. The van der Waals surface area contributed by atoms with Gasteiger partial charge in [0.15, 0.2) is 5.82 Å². The Bertz CT molecular complexity index is 476. The summed E-state index contributed by atoms with van der Waals surface area (Å²) in [7, 11) is 0. The van der Waals surface area contributed by atoms with Gasteiger partial charge in [-0.05, 0) is 0 Å². The standard InChI is InChI=1S/C7F10N2/c8-2-1(3(9)18-19-4(2)10)5(11,6(12,13)14)7(15,16)17. The van der Waals surface area contributed by atoms with E-state index in [2.05, 4.69) is 0 Å². The van der Waals surface area contributed by atoms with Gasteiger partial charge in [-0.2, -0.15) is 35.1 Å². The third-order valence-corrected chi connectivity index (χ3v) is 1.96. The summed E-state index contributed by atoms with van der Waals surface area (Å²) in [4.78, 5) is 0. The summed E-state index contributed by atoms with van der Waals surface area (Å²) >= 11 is 0. The lowest BCUT2D eigenvalue weighted by molar-refractivity contribution is -0.350. The van der Waals surface area contributed by atoms with Crippen LogP contribution in [0.25, 0.3) is 0 Å². The maximum absolute atomic E-state index is 13.3. The zero-order valence-corrected chi connectivity index (χ0v) is 8.17. The lowest BCUT2D eigenvalue weighted by Gasteiger charge is -2.30. The van der Waals surface area contributed by atoms with Gasteiger partial charge in [0.1, 0.15) is 5.56 Å². The van der Waals surface area contributed by atoms with Gasteiger partial charge in [0.05, 0.1) is 0 Å². The van der Waals surface area contributed by atoms with Crippen LogP contribution in [0.15, 0.2) is 0 Å². The minimum absolute atomic E-state index is 1.86. The number of alkyl halides is 7. The van der Waals surface area contributed by atoms with Gasteiger partial charge in [-0.15, -0.1) is 10.2 Å². The van der Waals surface area contributed by atoms with Crippen molar-refractivity contribution in [1.82, 2.24) is 10.2 Å². The minimum Gasteiger partial charge on any atom is -0.218 e. The Hall–Kier alpha value is -1.62. The van der Waals surface area contributed by atoms with Gasteiger partial charge in [-0.3, -0.25) is 0 Å². The number of aromatic nitrogens is 2. The predicted octanol–water partition coefficient (Wildman–Crippen LogP) is 3.18. The maximum atomic E-state index is 13.3. The molecule has 0 fully saturated rings. The van der Waals surface area contributed by atoms with Crippen LogP contribution in [-0.4, -0.2) is 22.5 Å². The van der Waals surface area contributed by atoms with E-state index in [-0.39, 0.29) is 0 Å². The van der Waals surface area contributed by atoms with Crippen molar-refractivity contribution in [3.8, 4) is 0 Å². The molecule has 0 saturated carbocycles. The highest BCUT2D eigenvalue weighted by atomic mass is 19.4. The van der Waals surface area contributed by atoms with Crippen LogP contribution in [0.5, 0.6) is 0 Å². The van der Waals surface area contributed by atoms with E-state index in [1.54, 1.807) is 0 Å². The molecule has 0 atom stereocenters. The van der Waals surface area contributed by atoms with E-state index in [4.69, 9.17) is 0 Å².